The van der Waals surface area contributed by atoms with Crippen LogP contribution in [0.25, 0.3) is 0 Å². The molecular weight excluding hydrogens is 492 g/mol. The number of nitrogens with two attached hydrogens (primary N) is 2. The Morgan fingerprint density at radius 3 is 2.41 bits per heavy atom. The second-order valence-electron chi connectivity index (χ2n) is 9.06. The minimum Gasteiger partial charge on any atom is -0.494 e. The van der Waals surface area contributed by atoms with Crippen LogP contribution in [0.2, 0.25) is 0 Å². The van der Waals surface area contributed by atoms with E-state index in [1.807, 2.05) is 27.7 Å². The monoisotopic (exact) mass is 524 g/mol. The molecule has 3 aromatic rings. The lowest BCUT2D eigenvalue weighted by Crippen LogP contribution is -2.50. The van der Waals surface area contributed by atoms with Gasteiger partial charge in [0, 0.05) is 24.5 Å². The summed E-state index contributed by atoms with van der Waals surface area (Å²) in [6, 6.07) is 9.53. The van der Waals surface area contributed by atoms with Crippen LogP contribution in [0, 0.1) is 0 Å². The van der Waals surface area contributed by atoms with E-state index in [9.17, 15) is 14.4 Å². The minimum atomic E-state index is -1.03. The van der Waals surface area contributed by atoms with E-state index < -0.39 is 23.4 Å². The number of carbonyl (C=O) groups excluding carboxylic acids is 3. The number of ether oxygens (including phenoxy) is 1. The summed E-state index contributed by atoms with van der Waals surface area (Å²) in [7, 11) is 0. The van der Waals surface area contributed by atoms with Gasteiger partial charge in [0.2, 0.25) is 5.91 Å². The first-order valence-electron chi connectivity index (χ1n) is 11.9. The Bertz CT molecular complexity index is 1240. The predicted octanol–water partition coefficient (Wildman–Crippen LogP) is 3.31. The number of hydrogen-bond donors (Lipinski definition) is 3. The molecule has 2 heterocycles. The summed E-state index contributed by atoms with van der Waals surface area (Å²) < 4.78 is 9.53. The first kappa shape index (κ1) is 27.6. The summed E-state index contributed by atoms with van der Waals surface area (Å²) >= 11 is 0.768. The molecule has 0 radical (unpaired) electrons. The quantitative estimate of drug-likeness (QED) is 0.348. The molecule has 0 aliphatic heterocycles. The van der Waals surface area contributed by atoms with Gasteiger partial charge in [0.1, 0.15) is 16.7 Å². The fraction of sp³-hybridized carbons (Fsp3) is 0.346. The van der Waals surface area contributed by atoms with Crippen LogP contribution in [0.5, 0.6) is 5.75 Å². The largest absolute Gasteiger partial charge is 0.494 e. The molecule has 3 rings (SSSR count). The van der Waals surface area contributed by atoms with Gasteiger partial charge >= 0.3 is 0 Å². The molecule has 1 atom stereocenters. The molecular formula is C26H32N6O4S. The summed E-state index contributed by atoms with van der Waals surface area (Å²) in [5.41, 5.74) is 11.9. The van der Waals surface area contributed by atoms with Crippen molar-refractivity contribution in [2.75, 3.05) is 12.3 Å². The Labute approximate surface area is 220 Å². The summed E-state index contributed by atoms with van der Waals surface area (Å²) in [4.78, 5) is 45.1. The third-order valence-corrected chi connectivity index (χ3v) is 6.76. The van der Waals surface area contributed by atoms with Gasteiger partial charge in [-0.15, -0.1) is 0 Å². The van der Waals surface area contributed by atoms with Crippen molar-refractivity contribution in [3.63, 3.8) is 0 Å². The fourth-order valence-electron chi connectivity index (χ4n) is 3.60. The molecule has 0 aliphatic carbocycles. The predicted molar refractivity (Wildman–Crippen MR) is 142 cm³/mol. The van der Waals surface area contributed by atoms with E-state index in [0.29, 0.717) is 29.9 Å². The van der Waals surface area contributed by atoms with Crippen molar-refractivity contribution in [1.82, 2.24) is 19.6 Å². The second-order valence-corrected chi connectivity index (χ2v) is 9.84. The summed E-state index contributed by atoms with van der Waals surface area (Å²) in [5.74, 6) is -1.12. The van der Waals surface area contributed by atoms with Crippen molar-refractivity contribution >= 4 is 34.9 Å². The Hall–Kier alpha value is -3.99. The van der Waals surface area contributed by atoms with Crippen molar-refractivity contribution in [2.24, 2.45) is 5.73 Å². The molecule has 0 aliphatic rings. The highest BCUT2D eigenvalue weighted by Crippen LogP contribution is 2.31. The van der Waals surface area contributed by atoms with Crippen LogP contribution in [0.15, 0.2) is 48.8 Å². The van der Waals surface area contributed by atoms with E-state index in [1.54, 1.807) is 48.8 Å². The Balaban J connectivity index is 2.14. The van der Waals surface area contributed by atoms with Gasteiger partial charge < -0.3 is 26.4 Å². The smallest absolute Gasteiger partial charge is 0.270 e. The van der Waals surface area contributed by atoms with Crippen molar-refractivity contribution < 1.29 is 19.1 Å². The number of aromatic nitrogens is 2. The maximum absolute atomic E-state index is 14.0. The molecule has 0 bridgehead atoms. The zero-order valence-corrected chi connectivity index (χ0v) is 22.2. The number of benzene rings is 1. The number of nitrogens with zero attached hydrogens (tertiary/aromatic N) is 3. The number of primary amides is 1. The number of pyridine rings is 1. The van der Waals surface area contributed by atoms with Gasteiger partial charge in [0.05, 0.1) is 12.3 Å². The van der Waals surface area contributed by atoms with Crippen molar-refractivity contribution in [3.05, 3.63) is 70.5 Å². The molecule has 0 saturated carbocycles. The van der Waals surface area contributed by atoms with Crippen molar-refractivity contribution in [1.29, 1.82) is 0 Å². The number of rotatable bonds is 11. The van der Waals surface area contributed by atoms with Crippen LogP contribution in [-0.2, 0) is 11.3 Å². The number of hydrogen-bond acceptors (Lipinski definition) is 8. The molecule has 0 unspecified atom stereocenters. The average Bonchev–Trinajstić information content (AvgIpc) is 3.26. The first-order chi connectivity index (χ1) is 17.6. The maximum atomic E-state index is 14.0. The standard InChI is InChI=1S/C26H32N6O4S/c1-5-26(3,4)30-24(34)21(17-9-11-18(12-10-17)36-6-2)32(15-16-8-7-13-29-14-16)25(35)22-19(27)20(23(28)33)31-37-22/h7-14,21H,5-6,15,27H2,1-4H3,(H2,28,33)(H,30,34)/t21-/m0/s1. The van der Waals surface area contributed by atoms with Gasteiger partial charge in [-0.1, -0.05) is 25.1 Å². The molecule has 37 heavy (non-hydrogen) atoms. The highest BCUT2D eigenvalue weighted by Gasteiger charge is 2.36. The van der Waals surface area contributed by atoms with Crippen molar-refractivity contribution in [2.45, 2.75) is 52.2 Å². The molecule has 5 N–H and O–H groups in total. The third kappa shape index (κ3) is 6.62. The van der Waals surface area contributed by atoms with Crippen LogP contribution >= 0.6 is 11.5 Å². The lowest BCUT2D eigenvalue weighted by atomic mass is 9.98. The van der Waals surface area contributed by atoms with Crippen LogP contribution < -0.4 is 21.5 Å². The lowest BCUT2D eigenvalue weighted by Gasteiger charge is -2.34. The van der Waals surface area contributed by atoms with Crippen LogP contribution in [0.3, 0.4) is 0 Å². The molecule has 10 nitrogen and oxygen atoms in total. The Morgan fingerprint density at radius 1 is 1.16 bits per heavy atom. The second kappa shape index (κ2) is 11.8. The van der Waals surface area contributed by atoms with E-state index in [-0.39, 0.29) is 28.7 Å². The van der Waals surface area contributed by atoms with Crippen LogP contribution in [-0.4, -0.2) is 44.1 Å². The summed E-state index contributed by atoms with van der Waals surface area (Å²) in [6.07, 6.45) is 3.92. The maximum Gasteiger partial charge on any atom is 0.270 e. The number of amides is 3. The van der Waals surface area contributed by atoms with Crippen LogP contribution in [0.4, 0.5) is 5.69 Å². The molecule has 3 amide bonds. The molecule has 0 spiro atoms. The Morgan fingerprint density at radius 2 is 1.86 bits per heavy atom. The zero-order valence-electron chi connectivity index (χ0n) is 21.4. The van der Waals surface area contributed by atoms with Gasteiger partial charge in [0.15, 0.2) is 5.69 Å². The number of nitrogen functional groups attached to an aromatic ring is 1. The van der Waals surface area contributed by atoms with E-state index in [4.69, 9.17) is 16.2 Å². The zero-order chi connectivity index (χ0) is 27.2. The van der Waals surface area contributed by atoms with E-state index in [0.717, 1.165) is 11.5 Å². The van der Waals surface area contributed by atoms with E-state index in [2.05, 4.69) is 14.7 Å². The lowest BCUT2D eigenvalue weighted by molar-refractivity contribution is -0.127. The summed E-state index contributed by atoms with van der Waals surface area (Å²) in [5, 5.41) is 3.06. The van der Waals surface area contributed by atoms with Gasteiger partial charge in [0.25, 0.3) is 11.8 Å². The molecule has 2 aromatic heterocycles. The first-order valence-corrected chi connectivity index (χ1v) is 12.6. The molecule has 1 aromatic carbocycles. The van der Waals surface area contributed by atoms with Crippen molar-refractivity contribution in [3.8, 4) is 5.75 Å². The highest BCUT2D eigenvalue weighted by molar-refractivity contribution is 7.09. The van der Waals surface area contributed by atoms with E-state index >= 15 is 0 Å². The number of anilines is 1. The molecule has 0 saturated heterocycles. The van der Waals surface area contributed by atoms with Gasteiger partial charge in [-0.3, -0.25) is 19.4 Å². The average molecular weight is 525 g/mol. The van der Waals surface area contributed by atoms with Gasteiger partial charge in [-0.25, -0.2) is 0 Å². The van der Waals surface area contributed by atoms with E-state index in [1.165, 1.54) is 4.90 Å². The normalized spacial score (nSPS) is 12.0. The minimum absolute atomic E-state index is 0.0242. The third-order valence-electron chi connectivity index (χ3n) is 5.90. The van der Waals surface area contributed by atoms with Gasteiger partial charge in [-0.2, -0.15) is 4.37 Å². The van der Waals surface area contributed by atoms with Gasteiger partial charge in [-0.05, 0) is 68.1 Å². The summed E-state index contributed by atoms with van der Waals surface area (Å²) in [6.45, 7) is 8.21. The number of carbonyl (C=O) groups is 3. The molecule has 196 valence electrons. The molecule has 11 heteroatoms. The Kier molecular flexibility index (Phi) is 8.82. The van der Waals surface area contributed by atoms with Crippen LogP contribution in [0.1, 0.15) is 71.4 Å². The number of nitrogens with one attached hydrogen (secondary N) is 1. The molecule has 0 fully saturated rings. The topological polar surface area (TPSA) is 154 Å². The SMILES string of the molecule is CCOc1ccc([C@@H](C(=O)NC(C)(C)CC)N(Cc2cccnc2)C(=O)c2snc(C(N)=O)c2N)cc1. The highest BCUT2D eigenvalue weighted by atomic mass is 32.1. The fourth-order valence-corrected chi connectivity index (χ4v) is 4.37.